The Kier molecular flexibility index (Phi) is 4.98. The molecule has 0 aliphatic carbocycles. The van der Waals surface area contributed by atoms with Gasteiger partial charge in [0.15, 0.2) is 0 Å². The minimum atomic E-state index is -2.08. The molecule has 0 spiro atoms. The van der Waals surface area contributed by atoms with Crippen molar-refractivity contribution < 1.29 is 0 Å². The van der Waals surface area contributed by atoms with Crippen LogP contribution >= 0.6 is 0 Å². The summed E-state index contributed by atoms with van der Waals surface area (Å²) >= 11 is -2.08. The summed E-state index contributed by atoms with van der Waals surface area (Å²) in [5, 5.41) is 0. The number of hydrogen-bond acceptors (Lipinski definition) is 0. The van der Waals surface area contributed by atoms with Crippen molar-refractivity contribution in [2.45, 2.75) is 50.8 Å². The van der Waals surface area contributed by atoms with Gasteiger partial charge in [0.1, 0.15) is 0 Å². The first-order chi connectivity index (χ1) is 6.41. The molecule has 0 saturated carbocycles. The van der Waals surface area contributed by atoms with Gasteiger partial charge in [-0.05, 0) is 0 Å². The van der Waals surface area contributed by atoms with Gasteiger partial charge >= 0.3 is 101 Å². The topological polar surface area (TPSA) is 0 Å². The molecule has 0 bridgehead atoms. The Morgan fingerprint density at radius 1 is 0.667 bits per heavy atom. The van der Waals surface area contributed by atoms with Crippen LogP contribution in [0.3, 0.4) is 0 Å². The van der Waals surface area contributed by atoms with Crippen molar-refractivity contribution in [2.24, 2.45) is 0 Å². The Hall–Kier alpha value is 0.0966. The second kappa shape index (κ2) is 4.95. The molecule has 0 amide bonds. The molecule has 0 aliphatic rings. The Balaban J connectivity index is 4.82. The molecule has 15 heavy (non-hydrogen) atoms. The molecule has 0 aromatic heterocycles. The molecule has 0 nitrogen and oxygen atoms in total. The first-order valence-electron chi connectivity index (χ1n) is 5.50. The SMILES string of the molecule is C[Si](C)(C)C#[C][Ge]([CH3])([CH3])[C]#C[Si](C)(C)C. The molecule has 0 unspecified atom stereocenters. The van der Waals surface area contributed by atoms with E-state index in [1.54, 1.807) is 0 Å². The average molecular weight is 297 g/mol. The van der Waals surface area contributed by atoms with Gasteiger partial charge in [-0.15, -0.1) is 0 Å². The van der Waals surface area contributed by atoms with Crippen molar-refractivity contribution in [1.82, 2.24) is 0 Å². The third-order valence-corrected chi connectivity index (χ3v) is 7.45. The van der Waals surface area contributed by atoms with Gasteiger partial charge in [0, 0.05) is 0 Å². The van der Waals surface area contributed by atoms with E-state index in [1.807, 2.05) is 0 Å². The number of rotatable bonds is 0. The molecular weight excluding hydrogens is 273 g/mol. The fourth-order valence-corrected chi connectivity index (χ4v) is 10.9. The maximum atomic E-state index is 3.52. The summed E-state index contributed by atoms with van der Waals surface area (Å²) in [6.07, 6.45) is 0. The maximum absolute atomic E-state index is 3.52. The molecule has 0 radical (unpaired) electrons. The van der Waals surface area contributed by atoms with Crippen molar-refractivity contribution in [2.75, 3.05) is 0 Å². The van der Waals surface area contributed by atoms with Crippen LogP contribution in [0.4, 0.5) is 0 Å². The Morgan fingerprint density at radius 3 is 1.13 bits per heavy atom. The molecule has 0 atom stereocenters. The standard InChI is InChI=1S/C12H24GeSi2/c1-13(2,9-11-14(3,4)5)10-12-15(6,7)8/h1-8H3. The summed E-state index contributed by atoms with van der Waals surface area (Å²) in [4.78, 5) is 0. The third-order valence-electron chi connectivity index (χ3n) is 1.50. The summed E-state index contributed by atoms with van der Waals surface area (Å²) in [5.74, 6) is 4.61. The predicted molar refractivity (Wildman–Crippen MR) is 79.7 cm³/mol. The van der Waals surface area contributed by atoms with E-state index in [4.69, 9.17) is 0 Å². The van der Waals surface area contributed by atoms with Gasteiger partial charge < -0.3 is 0 Å². The molecular formula is C12H24GeSi2. The van der Waals surface area contributed by atoms with Crippen LogP contribution in [0.5, 0.6) is 0 Å². The zero-order chi connectivity index (χ0) is 12.3. The van der Waals surface area contributed by atoms with Crippen molar-refractivity contribution in [1.29, 1.82) is 0 Å². The molecule has 0 rings (SSSR count). The molecule has 0 N–H and O–H groups in total. The quantitative estimate of drug-likeness (QED) is 0.474. The summed E-state index contributed by atoms with van der Waals surface area (Å²) in [7, 11) is -2.43. The monoisotopic (exact) mass is 298 g/mol. The molecule has 3 heteroatoms. The molecule has 0 fully saturated rings. The summed E-state index contributed by atoms with van der Waals surface area (Å²) < 4.78 is 7.04. The Bertz CT molecular complexity index is 300. The van der Waals surface area contributed by atoms with E-state index >= 15 is 0 Å². The normalized spacial score (nSPS) is 12.3. The zero-order valence-electron chi connectivity index (χ0n) is 11.5. The second-order valence-electron chi connectivity index (χ2n) is 6.62. The van der Waals surface area contributed by atoms with E-state index in [1.165, 1.54) is 0 Å². The fourth-order valence-electron chi connectivity index (χ4n) is 0.719. The van der Waals surface area contributed by atoms with Crippen molar-refractivity contribution in [3.8, 4) is 20.6 Å². The summed E-state index contributed by atoms with van der Waals surface area (Å²) in [6, 6.07) is 0. The first kappa shape index (κ1) is 15.1. The van der Waals surface area contributed by atoms with Crippen molar-refractivity contribution in [3.05, 3.63) is 0 Å². The van der Waals surface area contributed by atoms with Crippen molar-refractivity contribution in [3.63, 3.8) is 0 Å². The minimum absolute atomic E-state index is 1.21. The van der Waals surface area contributed by atoms with E-state index in [9.17, 15) is 0 Å². The molecule has 0 aliphatic heterocycles. The molecule has 0 aromatic rings. The van der Waals surface area contributed by atoms with E-state index in [-0.39, 0.29) is 0 Å². The van der Waals surface area contributed by atoms with Crippen LogP contribution in [0, 0.1) is 20.6 Å². The van der Waals surface area contributed by atoms with Gasteiger partial charge in [-0.25, -0.2) is 0 Å². The van der Waals surface area contributed by atoms with Crippen LogP contribution in [0.2, 0.25) is 50.8 Å². The number of hydrogen-bond donors (Lipinski definition) is 0. The fraction of sp³-hybridized carbons (Fsp3) is 0.667. The predicted octanol–water partition coefficient (Wildman–Crippen LogP) is 3.53. The van der Waals surface area contributed by atoms with Crippen LogP contribution in [0.25, 0.3) is 0 Å². The van der Waals surface area contributed by atoms with Crippen LogP contribution in [0.15, 0.2) is 0 Å². The zero-order valence-corrected chi connectivity index (χ0v) is 15.6. The van der Waals surface area contributed by atoms with Gasteiger partial charge in [-0.3, -0.25) is 0 Å². The van der Waals surface area contributed by atoms with Gasteiger partial charge in [0.05, 0.1) is 0 Å². The Morgan fingerprint density at radius 2 is 0.933 bits per heavy atom. The van der Waals surface area contributed by atoms with Crippen LogP contribution in [0.1, 0.15) is 0 Å². The van der Waals surface area contributed by atoms with E-state index in [0.29, 0.717) is 0 Å². The molecule has 84 valence electrons. The van der Waals surface area contributed by atoms with E-state index < -0.39 is 29.4 Å². The second-order valence-corrected chi connectivity index (χ2v) is 24.0. The van der Waals surface area contributed by atoms with Crippen LogP contribution in [-0.2, 0) is 0 Å². The first-order valence-corrected chi connectivity index (χ1v) is 18.8. The van der Waals surface area contributed by atoms with Gasteiger partial charge in [-0.1, -0.05) is 0 Å². The molecule has 0 aromatic carbocycles. The van der Waals surface area contributed by atoms with E-state index in [2.05, 4.69) is 71.4 Å². The van der Waals surface area contributed by atoms with E-state index in [0.717, 1.165) is 0 Å². The third kappa shape index (κ3) is 10.4. The summed E-state index contributed by atoms with van der Waals surface area (Å²) in [5.41, 5.74) is 6.97. The van der Waals surface area contributed by atoms with Crippen LogP contribution in [-0.4, -0.2) is 29.4 Å². The summed E-state index contributed by atoms with van der Waals surface area (Å²) in [6.45, 7) is 13.8. The van der Waals surface area contributed by atoms with Crippen molar-refractivity contribution >= 4 is 29.4 Å². The average Bonchev–Trinajstić information content (AvgIpc) is 1.96. The van der Waals surface area contributed by atoms with Gasteiger partial charge in [0.2, 0.25) is 0 Å². The molecule has 0 saturated heterocycles. The Labute approximate surface area is 101 Å². The van der Waals surface area contributed by atoms with Gasteiger partial charge in [-0.2, -0.15) is 0 Å². The van der Waals surface area contributed by atoms with Crippen LogP contribution < -0.4 is 0 Å². The van der Waals surface area contributed by atoms with Gasteiger partial charge in [0.25, 0.3) is 0 Å². The molecule has 0 heterocycles.